The summed E-state index contributed by atoms with van der Waals surface area (Å²) in [6.45, 7) is 0. The molecule has 1 atom stereocenters. The molecule has 3 aromatic rings. The Labute approximate surface area is 147 Å². The highest BCUT2D eigenvalue weighted by Gasteiger charge is 2.23. The van der Waals surface area contributed by atoms with Gasteiger partial charge in [0.25, 0.3) is 5.91 Å². The number of nitrogens with one attached hydrogen (secondary N) is 1. The summed E-state index contributed by atoms with van der Waals surface area (Å²) in [6.07, 6.45) is 5.50. The molecule has 2 N–H and O–H groups in total. The predicted octanol–water partition coefficient (Wildman–Crippen LogP) is 2.24. The molecule has 1 amide bonds. The molecular weight excluding hydrogens is 344 g/mol. The molecule has 3 aromatic heterocycles. The number of amides is 1. The number of thioether (sulfide) groups is 1. The van der Waals surface area contributed by atoms with Crippen molar-refractivity contribution in [1.82, 2.24) is 19.9 Å². The lowest BCUT2D eigenvalue weighted by atomic mass is 10.2. The highest BCUT2D eigenvalue weighted by atomic mass is 32.2. The Kier molecular flexibility index (Phi) is 5.03. The van der Waals surface area contributed by atoms with Crippen LogP contribution in [-0.2, 0) is 0 Å². The summed E-state index contributed by atoms with van der Waals surface area (Å²) in [5.41, 5.74) is 0.616. The van der Waals surface area contributed by atoms with Gasteiger partial charge >= 0.3 is 5.97 Å². The Bertz CT molecular complexity index is 904. The maximum absolute atomic E-state index is 12.4. The third kappa shape index (κ3) is 3.66. The van der Waals surface area contributed by atoms with Crippen LogP contribution in [0.1, 0.15) is 39.2 Å². The van der Waals surface area contributed by atoms with Gasteiger partial charge < -0.3 is 14.8 Å². The smallest absolute Gasteiger partial charge is 0.338 e. The van der Waals surface area contributed by atoms with Crippen LogP contribution in [0.4, 0.5) is 0 Å². The summed E-state index contributed by atoms with van der Waals surface area (Å²) < 4.78 is 6.87. The quantitative estimate of drug-likeness (QED) is 0.665. The summed E-state index contributed by atoms with van der Waals surface area (Å²) in [5, 5.41) is 20.1. The third-order valence-corrected chi connectivity index (χ3v) is 4.28. The molecule has 0 aliphatic heterocycles. The van der Waals surface area contributed by atoms with Crippen LogP contribution in [0.3, 0.4) is 0 Å². The molecule has 130 valence electrons. The highest BCUT2D eigenvalue weighted by molar-refractivity contribution is 7.98. The number of carboxylic acids is 1. The molecule has 3 heterocycles. The molecule has 0 fully saturated rings. The summed E-state index contributed by atoms with van der Waals surface area (Å²) in [7, 11) is 0. The minimum atomic E-state index is -1.15. The van der Waals surface area contributed by atoms with Crippen LogP contribution < -0.4 is 5.32 Å². The first-order valence-corrected chi connectivity index (χ1v) is 8.91. The summed E-state index contributed by atoms with van der Waals surface area (Å²) in [4.78, 5) is 23.3. The Morgan fingerprint density at radius 2 is 2.24 bits per heavy atom. The number of nitrogens with zero attached hydrogens (tertiary/aromatic N) is 3. The van der Waals surface area contributed by atoms with Crippen molar-refractivity contribution >= 4 is 29.3 Å². The van der Waals surface area contributed by atoms with Gasteiger partial charge in [0, 0.05) is 12.3 Å². The number of pyridine rings is 1. The first-order chi connectivity index (χ1) is 12.1. The van der Waals surface area contributed by atoms with E-state index in [0.717, 1.165) is 12.0 Å². The second-order valence-electron chi connectivity index (χ2n) is 5.30. The van der Waals surface area contributed by atoms with E-state index in [1.807, 2.05) is 35.1 Å². The Morgan fingerprint density at radius 1 is 1.40 bits per heavy atom. The van der Waals surface area contributed by atoms with Crippen molar-refractivity contribution in [2.75, 3.05) is 12.0 Å². The molecule has 25 heavy (non-hydrogen) atoms. The molecule has 0 spiro atoms. The number of aromatic nitrogens is 3. The fourth-order valence-electron chi connectivity index (χ4n) is 2.40. The van der Waals surface area contributed by atoms with Crippen LogP contribution in [0, 0.1) is 0 Å². The molecule has 0 aliphatic rings. The van der Waals surface area contributed by atoms with Gasteiger partial charge in [0.2, 0.25) is 0 Å². The zero-order chi connectivity index (χ0) is 17.8. The van der Waals surface area contributed by atoms with Crippen LogP contribution >= 0.6 is 11.8 Å². The molecule has 0 saturated carbocycles. The van der Waals surface area contributed by atoms with E-state index in [1.54, 1.807) is 11.8 Å². The standard InChI is InChI=1S/C16H16N4O4S/c1-25-7-5-11(14-19-18-13-4-2-3-6-20(13)14)17-15(21)12-8-10(9-24-12)16(22)23/h2-4,6,8-9,11H,5,7H2,1H3,(H,17,21)(H,22,23). The van der Waals surface area contributed by atoms with Gasteiger partial charge in [-0.2, -0.15) is 11.8 Å². The fourth-order valence-corrected chi connectivity index (χ4v) is 2.87. The molecule has 9 heteroatoms. The van der Waals surface area contributed by atoms with Gasteiger partial charge in [0.1, 0.15) is 6.26 Å². The number of carbonyl (C=O) groups excluding carboxylic acids is 1. The minimum Gasteiger partial charge on any atom is -0.478 e. The van der Waals surface area contributed by atoms with Crippen molar-refractivity contribution in [2.24, 2.45) is 0 Å². The molecule has 8 nitrogen and oxygen atoms in total. The van der Waals surface area contributed by atoms with E-state index in [-0.39, 0.29) is 17.4 Å². The lowest BCUT2D eigenvalue weighted by molar-refractivity contribution is 0.0695. The van der Waals surface area contributed by atoms with E-state index in [0.29, 0.717) is 17.9 Å². The topological polar surface area (TPSA) is 110 Å². The number of fused-ring (bicyclic) bond motifs is 1. The van der Waals surface area contributed by atoms with Gasteiger partial charge in [-0.15, -0.1) is 10.2 Å². The number of hydrogen-bond acceptors (Lipinski definition) is 6. The maximum Gasteiger partial charge on any atom is 0.338 e. The van der Waals surface area contributed by atoms with Gasteiger partial charge in [-0.25, -0.2) is 4.79 Å². The summed E-state index contributed by atoms with van der Waals surface area (Å²) in [6, 6.07) is 6.37. The van der Waals surface area contributed by atoms with Crippen LogP contribution in [-0.4, -0.2) is 43.6 Å². The van der Waals surface area contributed by atoms with Crippen LogP contribution in [0.5, 0.6) is 0 Å². The maximum atomic E-state index is 12.4. The van der Waals surface area contributed by atoms with E-state index in [2.05, 4.69) is 15.5 Å². The highest BCUT2D eigenvalue weighted by Crippen LogP contribution is 2.19. The number of carbonyl (C=O) groups is 2. The molecule has 1 unspecified atom stereocenters. The average Bonchev–Trinajstić information content (AvgIpc) is 3.25. The molecule has 0 aliphatic carbocycles. The molecule has 3 rings (SSSR count). The Balaban J connectivity index is 1.85. The van der Waals surface area contributed by atoms with Crippen LogP contribution in [0.25, 0.3) is 5.65 Å². The van der Waals surface area contributed by atoms with Crippen LogP contribution in [0.2, 0.25) is 0 Å². The molecule has 0 bridgehead atoms. The Hall–Kier alpha value is -2.81. The lowest BCUT2D eigenvalue weighted by Gasteiger charge is -2.16. The normalized spacial score (nSPS) is 12.2. The van der Waals surface area contributed by atoms with Gasteiger partial charge in [0.05, 0.1) is 11.6 Å². The van der Waals surface area contributed by atoms with Gasteiger partial charge in [-0.1, -0.05) is 6.07 Å². The predicted molar refractivity (Wildman–Crippen MR) is 91.9 cm³/mol. The van der Waals surface area contributed by atoms with E-state index in [9.17, 15) is 9.59 Å². The lowest BCUT2D eigenvalue weighted by Crippen LogP contribution is -2.30. The van der Waals surface area contributed by atoms with E-state index in [1.165, 1.54) is 6.07 Å². The van der Waals surface area contributed by atoms with Crippen molar-refractivity contribution in [3.8, 4) is 0 Å². The SMILES string of the molecule is CSCCC(NC(=O)c1cc(C(=O)O)co1)c1nnc2ccccn12. The van der Waals surface area contributed by atoms with E-state index >= 15 is 0 Å². The monoisotopic (exact) mass is 360 g/mol. The van der Waals surface area contributed by atoms with Gasteiger partial charge in [-0.3, -0.25) is 9.20 Å². The van der Waals surface area contributed by atoms with Crippen molar-refractivity contribution in [2.45, 2.75) is 12.5 Å². The van der Waals surface area contributed by atoms with Gasteiger partial charge in [-0.05, 0) is 30.6 Å². The second-order valence-corrected chi connectivity index (χ2v) is 6.28. The molecule has 0 radical (unpaired) electrons. The first-order valence-electron chi connectivity index (χ1n) is 7.51. The van der Waals surface area contributed by atoms with Crippen molar-refractivity contribution in [3.63, 3.8) is 0 Å². The number of furan rings is 1. The number of carboxylic acid groups (broad SMARTS) is 1. The number of hydrogen-bond donors (Lipinski definition) is 2. The number of aromatic carboxylic acids is 1. The van der Waals surface area contributed by atoms with E-state index in [4.69, 9.17) is 9.52 Å². The van der Waals surface area contributed by atoms with E-state index < -0.39 is 11.9 Å². The second kappa shape index (κ2) is 7.39. The Morgan fingerprint density at radius 3 is 2.96 bits per heavy atom. The summed E-state index contributed by atoms with van der Waals surface area (Å²) >= 11 is 1.65. The van der Waals surface area contributed by atoms with Crippen LogP contribution in [0.15, 0.2) is 41.1 Å². The first kappa shape index (κ1) is 17.0. The third-order valence-electron chi connectivity index (χ3n) is 3.64. The van der Waals surface area contributed by atoms with Crippen molar-refractivity contribution in [1.29, 1.82) is 0 Å². The zero-order valence-electron chi connectivity index (χ0n) is 13.4. The average molecular weight is 360 g/mol. The zero-order valence-corrected chi connectivity index (χ0v) is 14.2. The fraction of sp³-hybridized carbons (Fsp3) is 0.250. The number of rotatable bonds is 7. The van der Waals surface area contributed by atoms with Gasteiger partial charge in [0.15, 0.2) is 17.2 Å². The molecular formula is C16H16N4O4S. The van der Waals surface area contributed by atoms with Crippen molar-refractivity contribution < 1.29 is 19.1 Å². The van der Waals surface area contributed by atoms with Crippen molar-refractivity contribution in [3.05, 3.63) is 53.9 Å². The summed E-state index contributed by atoms with van der Waals surface area (Å²) in [5.74, 6) is -0.273. The molecule has 0 saturated heterocycles. The minimum absolute atomic E-state index is 0.0552. The largest absolute Gasteiger partial charge is 0.478 e. The molecule has 0 aromatic carbocycles.